The molecule has 1 amide bonds. The van der Waals surface area contributed by atoms with Crippen LogP contribution in [0.4, 0.5) is 0 Å². The molecule has 0 bridgehead atoms. The van der Waals surface area contributed by atoms with Crippen LogP contribution >= 0.6 is 15.9 Å². The maximum absolute atomic E-state index is 12.4. The lowest BCUT2D eigenvalue weighted by molar-refractivity contribution is 0.0700. The second-order valence-electron chi connectivity index (χ2n) is 4.14. The molecule has 0 heterocycles. The highest BCUT2D eigenvalue weighted by Gasteiger charge is 2.16. The number of nitrogens with two attached hydrogens (primary N) is 1. The van der Waals surface area contributed by atoms with Crippen LogP contribution in [0.15, 0.2) is 33.9 Å². The Kier molecular flexibility index (Phi) is 7.03. The van der Waals surface area contributed by atoms with Crippen molar-refractivity contribution in [3.8, 4) is 0 Å². The molecule has 6 nitrogen and oxygen atoms in total. The quantitative estimate of drug-likeness (QED) is 0.341. The SMILES string of the molecule is COCCN(CCC(N)=NO)C(=O)c1cccc(Br)c1. The van der Waals surface area contributed by atoms with Crippen molar-refractivity contribution in [1.29, 1.82) is 0 Å². The van der Waals surface area contributed by atoms with Gasteiger partial charge in [0.2, 0.25) is 0 Å². The maximum atomic E-state index is 12.4. The number of methoxy groups -OCH3 is 1. The van der Waals surface area contributed by atoms with Gasteiger partial charge in [0.05, 0.1) is 6.61 Å². The van der Waals surface area contributed by atoms with Crippen LogP contribution in [0, 0.1) is 0 Å². The highest BCUT2D eigenvalue weighted by Crippen LogP contribution is 2.13. The van der Waals surface area contributed by atoms with E-state index in [1.165, 1.54) is 0 Å². The molecule has 0 aliphatic carbocycles. The Morgan fingerprint density at radius 3 is 2.85 bits per heavy atom. The highest BCUT2D eigenvalue weighted by atomic mass is 79.9. The molecule has 110 valence electrons. The highest BCUT2D eigenvalue weighted by molar-refractivity contribution is 9.10. The summed E-state index contributed by atoms with van der Waals surface area (Å²) in [5.74, 6) is -0.0245. The van der Waals surface area contributed by atoms with E-state index < -0.39 is 0 Å². The van der Waals surface area contributed by atoms with Crippen LogP contribution in [0.5, 0.6) is 0 Å². The molecule has 7 heteroatoms. The molecule has 0 saturated carbocycles. The fraction of sp³-hybridized carbons (Fsp3) is 0.385. The predicted octanol–water partition coefficient (Wildman–Crippen LogP) is 1.67. The maximum Gasteiger partial charge on any atom is 0.253 e. The van der Waals surface area contributed by atoms with E-state index >= 15 is 0 Å². The lowest BCUT2D eigenvalue weighted by atomic mass is 10.2. The molecule has 0 aliphatic rings. The molecular weight excluding hydrogens is 326 g/mol. The molecule has 0 radical (unpaired) electrons. The van der Waals surface area contributed by atoms with Crippen molar-refractivity contribution in [3.05, 3.63) is 34.3 Å². The molecule has 0 unspecified atom stereocenters. The van der Waals surface area contributed by atoms with Crippen LogP contribution in [0.25, 0.3) is 0 Å². The standard InChI is InChI=1S/C13H18BrN3O3/c1-20-8-7-17(6-5-12(15)16-19)13(18)10-3-2-4-11(14)9-10/h2-4,9,19H,5-8H2,1H3,(H2,15,16). The number of hydrogen-bond acceptors (Lipinski definition) is 4. The van der Waals surface area contributed by atoms with Crippen LogP contribution in [0.1, 0.15) is 16.8 Å². The fourth-order valence-electron chi connectivity index (χ4n) is 1.62. The van der Waals surface area contributed by atoms with Gasteiger partial charge in [0.1, 0.15) is 5.84 Å². The van der Waals surface area contributed by atoms with Gasteiger partial charge in [-0.25, -0.2) is 0 Å². The molecule has 3 N–H and O–H groups in total. The van der Waals surface area contributed by atoms with Crippen LogP contribution in [0.3, 0.4) is 0 Å². The Hall–Kier alpha value is -1.60. The molecule has 0 aliphatic heterocycles. The number of nitrogens with zero attached hydrogens (tertiary/aromatic N) is 2. The minimum Gasteiger partial charge on any atom is -0.409 e. The van der Waals surface area contributed by atoms with Crippen LogP contribution in [-0.4, -0.2) is 48.7 Å². The summed E-state index contributed by atoms with van der Waals surface area (Å²) in [6.45, 7) is 1.24. The van der Waals surface area contributed by atoms with E-state index in [1.807, 2.05) is 6.07 Å². The van der Waals surface area contributed by atoms with Crippen molar-refractivity contribution in [3.63, 3.8) is 0 Å². The minimum atomic E-state index is -0.117. The van der Waals surface area contributed by atoms with E-state index in [9.17, 15) is 4.79 Å². The largest absolute Gasteiger partial charge is 0.409 e. The summed E-state index contributed by atoms with van der Waals surface area (Å²) >= 11 is 3.34. The van der Waals surface area contributed by atoms with Gasteiger partial charge >= 0.3 is 0 Å². The van der Waals surface area contributed by atoms with Gasteiger partial charge in [-0.15, -0.1) is 0 Å². The third kappa shape index (κ3) is 5.18. The van der Waals surface area contributed by atoms with Gasteiger partial charge in [-0.1, -0.05) is 27.2 Å². The van der Waals surface area contributed by atoms with Gasteiger partial charge in [-0.3, -0.25) is 4.79 Å². The average Bonchev–Trinajstić information content (AvgIpc) is 2.46. The zero-order valence-electron chi connectivity index (χ0n) is 11.3. The second-order valence-corrected chi connectivity index (χ2v) is 5.05. The Labute approximate surface area is 126 Å². The lowest BCUT2D eigenvalue weighted by Gasteiger charge is -2.22. The number of oxime groups is 1. The fourth-order valence-corrected chi connectivity index (χ4v) is 2.02. The number of halogens is 1. The molecule has 1 aromatic carbocycles. The molecule has 0 atom stereocenters. The third-order valence-electron chi connectivity index (χ3n) is 2.69. The molecule has 1 rings (SSSR count). The number of amides is 1. The van der Waals surface area contributed by atoms with Crippen LogP contribution in [-0.2, 0) is 4.74 Å². The predicted molar refractivity (Wildman–Crippen MR) is 79.9 cm³/mol. The normalized spacial score (nSPS) is 11.4. The minimum absolute atomic E-state index is 0.0921. The topological polar surface area (TPSA) is 88.2 Å². The third-order valence-corrected chi connectivity index (χ3v) is 3.18. The van der Waals surface area contributed by atoms with Crippen molar-refractivity contribution in [2.75, 3.05) is 26.8 Å². The first-order chi connectivity index (χ1) is 9.58. The van der Waals surface area contributed by atoms with E-state index in [-0.39, 0.29) is 11.7 Å². The number of hydrogen-bond donors (Lipinski definition) is 2. The lowest BCUT2D eigenvalue weighted by Crippen LogP contribution is -2.36. The molecule has 0 spiro atoms. The van der Waals surface area contributed by atoms with Crippen molar-refractivity contribution in [2.24, 2.45) is 10.9 Å². The van der Waals surface area contributed by atoms with Gasteiger partial charge in [0, 0.05) is 36.7 Å². The van der Waals surface area contributed by atoms with E-state index in [4.69, 9.17) is 15.7 Å². The first kappa shape index (κ1) is 16.5. The summed E-state index contributed by atoms with van der Waals surface area (Å²) in [6.07, 6.45) is 0.306. The van der Waals surface area contributed by atoms with Gasteiger partial charge in [0.15, 0.2) is 0 Å². The molecular formula is C13H18BrN3O3. The number of amidine groups is 1. The summed E-state index contributed by atoms with van der Waals surface area (Å²) in [7, 11) is 1.57. The Bertz CT molecular complexity index is 480. The number of ether oxygens (including phenoxy) is 1. The number of rotatable bonds is 7. The second kappa shape index (κ2) is 8.55. The van der Waals surface area contributed by atoms with Crippen molar-refractivity contribution in [2.45, 2.75) is 6.42 Å². The van der Waals surface area contributed by atoms with Gasteiger partial charge in [-0.05, 0) is 18.2 Å². The van der Waals surface area contributed by atoms with Crippen LogP contribution in [0.2, 0.25) is 0 Å². The van der Waals surface area contributed by atoms with E-state index in [0.717, 1.165) is 4.47 Å². The first-order valence-electron chi connectivity index (χ1n) is 6.08. The summed E-state index contributed by atoms with van der Waals surface area (Å²) in [4.78, 5) is 14.0. The summed E-state index contributed by atoms with van der Waals surface area (Å²) in [5.41, 5.74) is 6.01. The number of carbonyl (C=O) groups is 1. The van der Waals surface area contributed by atoms with Gasteiger partial charge < -0.3 is 20.6 Å². The molecule has 1 aromatic rings. The van der Waals surface area contributed by atoms with E-state index in [1.54, 1.807) is 30.2 Å². The van der Waals surface area contributed by atoms with Crippen molar-refractivity contribution in [1.82, 2.24) is 4.90 Å². The summed E-state index contributed by atoms with van der Waals surface area (Å²) in [5, 5.41) is 11.4. The van der Waals surface area contributed by atoms with Gasteiger partial charge in [0.25, 0.3) is 5.91 Å². The first-order valence-corrected chi connectivity index (χ1v) is 6.88. The van der Waals surface area contributed by atoms with E-state index in [2.05, 4.69) is 21.1 Å². The molecule has 0 aromatic heterocycles. The Morgan fingerprint density at radius 2 is 2.25 bits per heavy atom. The van der Waals surface area contributed by atoms with Crippen molar-refractivity contribution >= 4 is 27.7 Å². The number of carbonyl (C=O) groups excluding carboxylic acids is 1. The summed E-state index contributed by atoms with van der Waals surface area (Å²) < 4.78 is 5.84. The monoisotopic (exact) mass is 343 g/mol. The average molecular weight is 344 g/mol. The molecule has 0 saturated heterocycles. The van der Waals surface area contributed by atoms with Crippen LogP contribution < -0.4 is 5.73 Å². The number of benzene rings is 1. The molecule has 0 fully saturated rings. The summed E-state index contributed by atoms with van der Waals surface area (Å²) in [6, 6.07) is 7.16. The van der Waals surface area contributed by atoms with Crippen molar-refractivity contribution < 1.29 is 14.7 Å². The smallest absolute Gasteiger partial charge is 0.253 e. The Balaban J connectivity index is 2.78. The Morgan fingerprint density at radius 1 is 1.50 bits per heavy atom. The van der Waals surface area contributed by atoms with E-state index in [0.29, 0.717) is 31.7 Å². The molecule has 20 heavy (non-hydrogen) atoms. The zero-order chi connectivity index (χ0) is 15.0. The van der Waals surface area contributed by atoms with Gasteiger partial charge in [-0.2, -0.15) is 0 Å². The zero-order valence-corrected chi connectivity index (χ0v) is 12.8.